The summed E-state index contributed by atoms with van der Waals surface area (Å²) in [6, 6.07) is 11.8. The van der Waals surface area contributed by atoms with Gasteiger partial charge in [-0.2, -0.15) is 0 Å². The Morgan fingerprint density at radius 3 is 2.50 bits per heavy atom. The molecule has 0 atom stereocenters. The SMILES string of the molecule is [CH2]CNC(=O)c1ccc(-n2ccccc2=O)cc1. The summed E-state index contributed by atoms with van der Waals surface area (Å²) in [5, 5.41) is 2.61. The zero-order valence-electron chi connectivity index (χ0n) is 9.80. The molecule has 1 aromatic heterocycles. The molecule has 0 unspecified atom stereocenters. The topological polar surface area (TPSA) is 51.1 Å². The van der Waals surface area contributed by atoms with Crippen LogP contribution in [0, 0.1) is 6.92 Å². The highest BCUT2D eigenvalue weighted by atomic mass is 16.1. The molecule has 0 aliphatic carbocycles. The third-order valence-corrected chi connectivity index (χ3v) is 2.52. The minimum atomic E-state index is -0.169. The van der Waals surface area contributed by atoms with Crippen molar-refractivity contribution in [3.63, 3.8) is 0 Å². The summed E-state index contributed by atoms with van der Waals surface area (Å²) < 4.78 is 1.52. The van der Waals surface area contributed by atoms with E-state index in [1.54, 1.807) is 42.6 Å². The molecule has 1 heterocycles. The Hall–Kier alpha value is -2.36. The summed E-state index contributed by atoms with van der Waals surface area (Å²) in [7, 11) is 0. The largest absolute Gasteiger partial charge is 0.352 e. The van der Waals surface area contributed by atoms with Gasteiger partial charge in [-0.05, 0) is 37.3 Å². The summed E-state index contributed by atoms with van der Waals surface area (Å²) in [5.74, 6) is -0.169. The van der Waals surface area contributed by atoms with Crippen LogP contribution in [-0.2, 0) is 0 Å². The van der Waals surface area contributed by atoms with E-state index in [9.17, 15) is 9.59 Å². The number of carbonyl (C=O) groups excluding carboxylic acids is 1. The van der Waals surface area contributed by atoms with Crippen LogP contribution in [-0.4, -0.2) is 17.0 Å². The van der Waals surface area contributed by atoms with Crippen molar-refractivity contribution >= 4 is 5.91 Å². The first-order chi connectivity index (χ1) is 8.72. The Balaban J connectivity index is 2.31. The predicted octanol–water partition coefficient (Wildman–Crippen LogP) is 1.40. The number of amides is 1. The molecule has 0 spiro atoms. The maximum absolute atomic E-state index is 11.6. The van der Waals surface area contributed by atoms with Crippen molar-refractivity contribution in [2.24, 2.45) is 0 Å². The molecule has 0 bridgehead atoms. The lowest BCUT2D eigenvalue weighted by Gasteiger charge is -2.06. The Labute approximate surface area is 105 Å². The molecule has 1 radical (unpaired) electrons. The van der Waals surface area contributed by atoms with Crippen LogP contribution in [0.1, 0.15) is 10.4 Å². The second-order valence-electron chi connectivity index (χ2n) is 3.71. The number of hydrogen-bond acceptors (Lipinski definition) is 2. The molecular weight excluding hydrogens is 228 g/mol. The van der Waals surface area contributed by atoms with Crippen LogP contribution >= 0.6 is 0 Å². The minimum absolute atomic E-state index is 0.104. The van der Waals surface area contributed by atoms with Crippen LogP contribution in [0.5, 0.6) is 0 Å². The van der Waals surface area contributed by atoms with Gasteiger partial charge in [0.25, 0.3) is 11.5 Å². The van der Waals surface area contributed by atoms with Gasteiger partial charge in [0, 0.05) is 30.1 Å². The fourth-order valence-corrected chi connectivity index (χ4v) is 1.63. The Morgan fingerprint density at radius 2 is 1.89 bits per heavy atom. The normalized spacial score (nSPS) is 10.1. The third-order valence-electron chi connectivity index (χ3n) is 2.52. The molecule has 1 N–H and O–H groups in total. The van der Waals surface area contributed by atoms with E-state index < -0.39 is 0 Å². The van der Waals surface area contributed by atoms with Gasteiger partial charge in [-0.15, -0.1) is 0 Å². The number of pyridine rings is 1. The van der Waals surface area contributed by atoms with Crippen molar-refractivity contribution in [2.45, 2.75) is 0 Å². The summed E-state index contributed by atoms with van der Waals surface area (Å²) >= 11 is 0. The molecule has 18 heavy (non-hydrogen) atoms. The molecule has 0 fully saturated rings. The molecule has 1 amide bonds. The number of aromatic nitrogens is 1. The molecule has 0 saturated heterocycles. The number of benzene rings is 1. The lowest BCUT2D eigenvalue weighted by molar-refractivity contribution is 0.0958. The van der Waals surface area contributed by atoms with Gasteiger partial charge in [0.2, 0.25) is 0 Å². The molecule has 0 aliphatic heterocycles. The van der Waals surface area contributed by atoms with Gasteiger partial charge in [0.15, 0.2) is 0 Å². The first-order valence-corrected chi connectivity index (χ1v) is 5.58. The van der Waals surface area contributed by atoms with Crippen LogP contribution in [0.15, 0.2) is 53.5 Å². The van der Waals surface area contributed by atoms with Crippen LogP contribution in [0.3, 0.4) is 0 Å². The summed E-state index contributed by atoms with van der Waals surface area (Å²) in [6.45, 7) is 3.90. The van der Waals surface area contributed by atoms with Crippen LogP contribution < -0.4 is 10.9 Å². The molecular formula is C14H13N2O2. The highest BCUT2D eigenvalue weighted by Gasteiger charge is 2.04. The van der Waals surface area contributed by atoms with Crippen molar-refractivity contribution in [1.82, 2.24) is 9.88 Å². The fourth-order valence-electron chi connectivity index (χ4n) is 1.63. The van der Waals surface area contributed by atoms with E-state index in [1.807, 2.05) is 0 Å². The second kappa shape index (κ2) is 5.31. The maximum atomic E-state index is 11.6. The van der Waals surface area contributed by atoms with E-state index in [1.165, 1.54) is 10.6 Å². The molecule has 0 saturated carbocycles. The number of hydrogen-bond donors (Lipinski definition) is 1. The van der Waals surface area contributed by atoms with Gasteiger partial charge in [-0.3, -0.25) is 14.2 Å². The Kier molecular flexibility index (Phi) is 3.57. The third kappa shape index (κ3) is 2.48. The predicted molar refractivity (Wildman–Crippen MR) is 69.7 cm³/mol. The maximum Gasteiger partial charge on any atom is 0.255 e. The van der Waals surface area contributed by atoms with E-state index in [4.69, 9.17) is 0 Å². The lowest BCUT2D eigenvalue weighted by Crippen LogP contribution is -2.22. The lowest BCUT2D eigenvalue weighted by atomic mass is 10.2. The smallest absolute Gasteiger partial charge is 0.255 e. The number of rotatable bonds is 3. The van der Waals surface area contributed by atoms with Crippen LogP contribution in [0.4, 0.5) is 0 Å². The van der Waals surface area contributed by atoms with Gasteiger partial charge in [-0.1, -0.05) is 6.07 Å². The fraction of sp³-hybridized carbons (Fsp3) is 0.0714. The summed E-state index contributed by atoms with van der Waals surface area (Å²) in [6.07, 6.45) is 1.69. The van der Waals surface area contributed by atoms with Crippen LogP contribution in [0.2, 0.25) is 0 Å². The number of nitrogens with one attached hydrogen (secondary N) is 1. The first kappa shape index (κ1) is 12.1. The molecule has 0 aliphatic rings. The number of nitrogens with zero attached hydrogens (tertiary/aromatic N) is 1. The van der Waals surface area contributed by atoms with Gasteiger partial charge < -0.3 is 5.32 Å². The van der Waals surface area contributed by atoms with E-state index in [0.29, 0.717) is 12.1 Å². The minimum Gasteiger partial charge on any atom is -0.352 e. The monoisotopic (exact) mass is 241 g/mol. The average Bonchev–Trinajstić information content (AvgIpc) is 2.40. The Morgan fingerprint density at radius 1 is 1.17 bits per heavy atom. The average molecular weight is 241 g/mol. The first-order valence-electron chi connectivity index (χ1n) is 5.58. The van der Waals surface area contributed by atoms with E-state index in [-0.39, 0.29) is 11.5 Å². The highest BCUT2D eigenvalue weighted by Crippen LogP contribution is 2.07. The van der Waals surface area contributed by atoms with Crippen molar-refractivity contribution in [3.8, 4) is 5.69 Å². The molecule has 2 rings (SSSR count). The van der Waals surface area contributed by atoms with Crippen molar-refractivity contribution in [2.75, 3.05) is 6.54 Å². The second-order valence-corrected chi connectivity index (χ2v) is 3.71. The Bertz CT molecular complexity index is 600. The zero-order chi connectivity index (χ0) is 13.0. The summed E-state index contributed by atoms with van der Waals surface area (Å²) in [4.78, 5) is 23.2. The van der Waals surface area contributed by atoms with Crippen molar-refractivity contribution in [3.05, 3.63) is 71.5 Å². The molecule has 1 aromatic carbocycles. The molecule has 4 nitrogen and oxygen atoms in total. The van der Waals surface area contributed by atoms with E-state index >= 15 is 0 Å². The van der Waals surface area contributed by atoms with Gasteiger partial charge in [0.1, 0.15) is 0 Å². The van der Waals surface area contributed by atoms with Crippen molar-refractivity contribution in [1.29, 1.82) is 0 Å². The number of carbonyl (C=O) groups is 1. The van der Waals surface area contributed by atoms with E-state index in [0.717, 1.165) is 5.69 Å². The quantitative estimate of drug-likeness (QED) is 0.883. The standard InChI is InChI=1S/C14H13N2O2/c1-2-15-14(18)11-6-8-12(9-7-11)16-10-4-3-5-13(16)17/h3-10H,1-2H2,(H,15,18). The van der Waals surface area contributed by atoms with Gasteiger partial charge >= 0.3 is 0 Å². The molecule has 2 aromatic rings. The molecule has 4 heteroatoms. The van der Waals surface area contributed by atoms with Gasteiger partial charge in [-0.25, -0.2) is 0 Å². The van der Waals surface area contributed by atoms with Crippen LogP contribution in [0.25, 0.3) is 5.69 Å². The van der Waals surface area contributed by atoms with E-state index in [2.05, 4.69) is 12.2 Å². The summed E-state index contributed by atoms with van der Waals surface area (Å²) in [5.41, 5.74) is 1.17. The van der Waals surface area contributed by atoms with Gasteiger partial charge in [0.05, 0.1) is 0 Å². The van der Waals surface area contributed by atoms with Crippen molar-refractivity contribution < 1.29 is 4.79 Å². The highest BCUT2D eigenvalue weighted by molar-refractivity contribution is 5.94. The zero-order valence-corrected chi connectivity index (χ0v) is 9.80. The molecule has 91 valence electrons.